The molecule has 0 saturated carbocycles. The normalized spacial score (nSPS) is 11.5. The molecular weight excluding hydrogens is 407 g/mol. The SMILES string of the molecule is CN(c1ccccc1)c1nc2ccc(-c3ccc(OC(F)(F)F)cc3)cc2n(C)c1=O. The van der Waals surface area contributed by atoms with Gasteiger partial charge in [-0.25, -0.2) is 4.98 Å². The van der Waals surface area contributed by atoms with E-state index in [1.807, 2.05) is 36.4 Å². The summed E-state index contributed by atoms with van der Waals surface area (Å²) in [5, 5.41) is 0. The Hall–Kier alpha value is -3.81. The monoisotopic (exact) mass is 425 g/mol. The molecule has 0 saturated heterocycles. The molecule has 8 heteroatoms. The Morgan fingerprint density at radius 2 is 1.58 bits per heavy atom. The van der Waals surface area contributed by atoms with Crippen LogP contribution >= 0.6 is 0 Å². The highest BCUT2D eigenvalue weighted by molar-refractivity contribution is 5.83. The maximum Gasteiger partial charge on any atom is 0.573 e. The van der Waals surface area contributed by atoms with Gasteiger partial charge in [0.15, 0.2) is 5.82 Å². The van der Waals surface area contributed by atoms with Crippen molar-refractivity contribution in [3.05, 3.63) is 83.2 Å². The van der Waals surface area contributed by atoms with Crippen molar-refractivity contribution in [3.63, 3.8) is 0 Å². The number of para-hydroxylation sites is 1. The van der Waals surface area contributed by atoms with Crippen molar-refractivity contribution in [2.45, 2.75) is 6.36 Å². The minimum Gasteiger partial charge on any atom is -0.406 e. The number of anilines is 2. The zero-order valence-corrected chi connectivity index (χ0v) is 16.7. The van der Waals surface area contributed by atoms with Gasteiger partial charge in [0.2, 0.25) is 0 Å². The van der Waals surface area contributed by atoms with E-state index in [0.29, 0.717) is 22.4 Å². The number of benzene rings is 3. The second-order valence-corrected chi connectivity index (χ2v) is 6.97. The maximum absolute atomic E-state index is 13.0. The lowest BCUT2D eigenvalue weighted by Gasteiger charge is -2.19. The van der Waals surface area contributed by atoms with E-state index in [2.05, 4.69) is 9.72 Å². The number of rotatable bonds is 4. The first-order valence-electron chi connectivity index (χ1n) is 9.39. The van der Waals surface area contributed by atoms with Gasteiger partial charge in [-0.1, -0.05) is 36.4 Å². The molecule has 1 heterocycles. The van der Waals surface area contributed by atoms with Gasteiger partial charge in [0.05, 0.1) is 11.0 Å². The van der Waals surface area contributed by atoms with Crippen LogP contribution < -0.4 is 15.2 Å². The summed E-state index contributed by atoms with van der Waals surface area (Å²) in [4.78, 5) is 19.2. The molecule has 5 nitrogen and oxygen atoms in total. The van der Waals surface area contributed by atoms with Crippen LogP contribution in [0, 0.1) is 0 Å². The van der Waals surface area contributed by atoms with Gasteiger partial charge in [0.25, 0.3) is 5.56 Å². The Morgan fingerprint density at radius 1 is 0.935 bits per heavy atom. The Balaban J connectivity index is 1.72. The maximum atomic E-state index is 13.0. The van der Waals surface area contributed by atoms with Crippen LogP contribution in [0.3, 0.4) is 0 Å². The van der Waals surface area contributed by atoms with Crippen molar-refractivity contribution < 1.29 is 17.9 Å². The van der Waals surface area contributed by atoms with E-state index >= 15 is 0 Å². The summed E-state index contributed by atoms with van der Waals surface area (Å²) < 4.78 is 42.5. The Morgan fingerprint density at radius 3 is 2.23 bits per heavy atom. The number of alkyl halides is 3. The highest BCUT2D eigenvalue weighted by Gasteiger charge is 2.31. The Labute approximate surface area is 176 Å². The highest BCUT2D eigenvalue weighted by Crippen LogP contribution is 2.28. The van der Waals surface area contributed by atoms with Crippen LogP contribution in [0.15, 0.2) is 77.6 Å². The molecule has 0 aliphatic carbocycles. The third-order valence-electron chi connectivity index (χ3n) is 4.94. The van der Waals surface area contributed by atoms with Gasteiger partial charge < -0.3 is 14.2 Å². The summed E-state index contributed by atoms with van der Waals surface area (Å²) in [6.45, 7) is 0. The smallest absolute Gasteiger partial charge is 0.406 e. The van der Waals surface area contributed by atoms with Gasteiger partial charge in [-0.15, -0.1) is 13.2 Å². The van der Waals surface area contributed by atoms with Crippen LogP contribution in [0.1, 0.15) is 0 Å². The molecule has 0 spiro atoms. The van der Waals surface area contributed by atoms with E-state index in [9.17, 15) is 18.0 Å². The summed E-state index contributed by atoms with van der Waals surface area (Å²) in [7, 11) is 3.45. The van der Waals surface area contributed by atoms with Crippen LogP contribution in [0.5, 0.6) is 5.75 Å². The van der Waals surface area contributed by atoms with Crippen molar-refractivity contribution in [3.8, 4) is 16.9 Å². The molecule has 0 bridgehead atoms. The summed E-state index contributed by atoms with van der Waals surface area (Å²) in [6, 6.07) is 20.4. The quantitative estimate of drug-likeness (QED) is 0.447. The van der Waals surface area contributed by atoms with Gasteiger partial charge in [0, 0.05) is 19.8 Å². The fourth-order valence-corrected chi connectivity index (χ4v) is 3.33. The minimum absolute atomic E-state index is 0.259. The van der Waals surface area contributed by atoms with Gasteiger partial charge in [-0.2, -0.15) is 0 Å². The largest absolute Gasteiger partial charge is 0.573 e. The van der Waals surface area contributed by atoms with Crippen LogP contribution in [0.4, 0.5) is 24.7 Å². The summed E-state index contributed by atoms with van der Waals surface area (Å²) in [6.07, 6.45) is -4.74. The molecule has 31 heavy (non-hydrogen) atoms. The molecular formula is C23H18F3N3O2. The van der Waals surface area contributed by atoms with E-state index in [0.717, 1.165) is 11.3 Å². The lowest BCUT2D eigenvalue weighted by molar-refractivity contribution is -0.274. The molecule has 0 radical (unpaired) electrons. The molecule has 0 fully saturated rings. The van der Waals surface area contributed by atoms with Crippen molar-refractivity contribution in [1.29, 1.82) is 0 Å². The van der Waals surface area contributed by atoms with E-state index in [1.54, 1.807) is 31.1 Å². The predicted molar refractivity (Wildman–Crippen MR) is 114 cm³/mol. The zero-order valence-electron chi connectivity index (χ0n) is 16.7. The Kier molecular flexibility index (Phi) is 5.14. The van der Waals surface area contributed by atoms with Gasteiger partial charge >= 0.3 is 6.36 Å². The molecule has 4 rings (SSSR count). The number of fused-ring (bicyclic) bond motifs is 1. The second kappa shape index (κ2) is 7.79. The zero-order chi connectivity index (χ0) is 22.2. The average molecular weight is 425 g/mol. The van der Waals surface area contributed by atoms with Crippen molar-refractivity contribution >= 4 is 22.5 Å². The van der Waals surface area contributed by atoms with Crippen LogP contribution in [-0.2, 0) is 7.05 Å². The molecule has 4 aromatic rings. The van der Waals surface area contributed by atoms with Gasteiger partial charge in [-0.05, 0) is 47.5 Å². The first-order chi connectivity index (χ1) is 14.7. The molecule has 0 aliphatic heterocycles. The van der Waals surface area contributed by atoms with E-state index in [1.165, 1.54) is 28.8 Å². The first-order valence-corrected chi connectivity index (χ1v) is 9.39. The van der Waals surface area contributed by atoms with Gasteiger partial charge in [0.1, 0.15) is 5.75 Å². The van der Waals surface area contributed by atoms with Crippen molar-refractivity contribution in [1.82, 2.24) is 9.55 Å². The topological polar surface area (TPSA) is 47.4 Å². The molecule has 0 N–H and O–H groups in total. The number of aryl methyl sites for hydroxylation is 1. The third-order valence-corrected chi connectivity index (χ3v) is 4.94. The summed E-state index contributed by atoms with van der Waals surface area (Å²) >= 11 is 0. The van der Waals surface area contributed by atoms with E-state index in [4.69, 9.17) is 0 Å². The predicted octanol–water partition coefficient (Wildman–Crippen LogP) is 5.27. The van der Waals surface area contributed by atoms with Crippen molar-refractivity contribution in [2.24, 2.45) is 7.05 Å². The number of hydrogen-bond donors (Lipinski definition) is 0. The number of halogens is 3. The summed E-state index contributed by atoms with van der Waals surface area (Å²) in [5.74, 6) is 0.00213. The van der Waals surface area contributed by atoms with Crippen LogP contribution in [0.25, 0.3) is 22.2 Å². The molecule has 1 aromatic heterocycles. The lowest BCUT2D eigenvalue weighted by atomic mass is 10.0. The number of aromatic nitrogens is 2. The average Bonchev–Trinajstić information content (AvgIpc) is 2.75. The number of hydrogen-bond acceptors (Lipinski definition) is 4. The highest BCUT2D eigenvalue weighted by atomic mass is 19.4. The molecule has 158 valence electrons. The molecule has 0 amide bonds. The van der Waals surface area contributed by atoms with Crippen LogP contribution in [0.2, 0.25) is 0 Å². The van der Waals surface area contributed by atoms with Crippen molar-refractivity contribution in [2.75, 3.05) is 11.9 Å². The summed E-state index contributed by atoms with van der Waals surface area (Å²) in [5.41, 5.74) is 3.25. The molecule has 0 atom stereocenters. The van der Waals surface area contributed by atoms with Crippen LogP contribution in [-0.4, -0.2) is 23.0 Å². The lowest BCUT2D eigenvalue weighted by Crippen LogP contribution is -2.27. The molecule has 0 unspecified atom stereocenters. The van der Waals surface area contributed by atoms with Gasteiger partial charge in [-0.3, -0.25) is 4.79 Å². The Bertz CT molecular complexity index is 1280. The molecule has 3 aromatic carbocycles. The third kappa shape index (κ3) is 4.23. The first kappa shape index (κ1) is 20.5. The minimum atomic E-state index is -4.74. The fraction of sp³-hybridized carbons (Fsp3) is 0.130. The number of ether oxygens (including phenoxy) is 1. The molecule has 0 aliphatic rings. The van der Waals surface area contributed by atoms with E-state index in [-0.39, 0.29) is 11.3 Å². The second-order valence-electron chi connectivity index (χ2n) is 6.97. The number of nitrogens with zero attached hydrogens (tertiary/aromatic N) is 3. The van der Waals surface area contributed by atoms with E-state index < -0.39 is 6.36 Å². The standard InChI is InChI=1S/C23H18F3N3O2/c1-28(17-6-4-3-5-7-17)21-22(30)29(2)20-14-16(10-13-19(20)27-21)15-8-11-18(12-9-15)31-23(24,25)26/h3-14H,1-2H3. The fourth-order valence-electron chi connectivity index (χ4n) is 3.33.